The minimum Gasteiger partial charge on any atom is -0.399 e. The van der Waals surface area contributed by atoms with Gasteiger partial charge in [0.25, 0.3) is 0 Å². The topological polar surface area (TPSA) is 69.6 Å². The smallest absolute Gasteiger partial charge is 0.184 e. The van der Waals surface area contributed by atoms with E-state index < -0.39 is 5.82 Å². The highest BCUT2D eigenvalue weighted by Gasteiger charge is 2.14. The Morgan fingerprint density at radius 1 is 1.44 bits per heavy atom. The molecule has 96 valence electrons. The van der Waals surface area contributed by atoms with Gasteiger partial charge in [-0.1, -0.05) is 20.3 Å². The van der Waals surface area contributed by atoms with Crippen LogP contribution in [-0.4, -0.2) is 20.2 Å². The number of anilines is 1. The summed E-state index contributed by atoms with van der Waals surface area (Å²) in [5.74, 6) is 0.465. The predicted molar refractivity (Wildman–Crippen MR) is 67.1 cm³/mol. The van der Waals surface area contributed by atoms with Crippen molar-refractivity contribution < 1.29 is 4.39 Å². The molecule has 0 aliphatic rings. The van der Waals surface area contributed by atoms with Crippen molar-refractivity contribution in [2.24, 2.45) is 5.92 Å². The van der Waals surface area contributed by atoms with Crippen LogP contribution in [0.4, 0.5) is 10.1 Å². The van der Waals surface area contributed by atoms with Crippen LogP contribution in [0.15, 0.2) is 18.2 Å². The van der Waals surface area contributed by atoms with E-state index in [0.717, 1.165) is 6.42 Å². The van der Waals surface area contributed by atoms with E-state index in [0.29, 0.717) is 29.5 Å². The van der Waals surface area contributed by atoms with Crippen LogP contribution in [0.1, 0.15) is 20.3 Å². The molecule has 0 fully saturated rings. The molecule has 1 unspecified atom stereocenters. The van der Waals surface area contributed by atoms with E-state index in [-0.39, 0.29) is 0 Å². The number of aromatic nitrogens is 4. The number of benzene rings is 1. The summed E-state index contributed by atoms with van der Waals surface area (Å²) in [6.07, 6.45) is 1.02. The van der Waals surface area contributed by atoms with Gasteiger partial charge in [-0.15, -0.1) is 5.10 Å². The molecule has 0 spiro atoms. The van der Waals surface area contributed by atoms with Crippen molar-refractivity contribution in [1.82, 2.24) is 20.2 Å². The maximum Gasteiger partial charge on any atom is 0.184 e. The Bertz CT molecular complexity index is 537. The number of nitrogen functional groups attached to an aromatic ring is 1. The first-order valence-corrected chi connectivity index (χ1v) is 5.93. The molecule has 1 aromatic carbocycles. The van der Waals surface area contributed by atoms with Crippen LogP contribution in [-0.2, 0) is 6.54 Å². The first kappa shape index (κ1) is 12.5. The number of halogens is 1. The summed E-state index contributed by atoms with van der Waals surface area (Å²) in [6, 6.07) is 4.52. The average molecular weight is 249 g/mol. The summed E-state index contributed by atoms with van der Waals surface area (Å²) >= 11 is 0. The Morgan fingerprint density at radius 2 is 2.22 bits per heavy atom. The van der Waals surface area contributed by atoms with Gasteiger partial charge in [-0.3, -0.25) is 0 Å². The lowest BCUT2D eigenvalue weighted by atomic mass is 10.1. The third-order valence-corrected chi connectivity index (χ3v) is 2.95. The number of nitrogens with two attached hydrogens (primary N) is 1. The number of rotatable bonds is 4. The minimum atomic E-state index is -0.407. The number of tetrazole rings is 1. The second-order valence-corrected chi connectivity index (χ2v) is 4.44. The van der Waals surface area contributed by atoms with E-state index in [1.165, 1.54) is 6.07 Å². The second kappa shape index (κ2) is 5.12. The molecule has 0 bridgehead atoms. The van der Waals surface area contributed by atoms with E-state index in [1.54, 1.807) is 16.8 Å². The molecule has 2 N–H and O–H groups in total. The standard InChI is InChI=1S/C12H16FN5/c1-3-8(2)7-18-12(15-16-17-18)10-5-4-9(14)6-11(10)13/h4-6,8H,3,7,14H2,1-2H3. The van der Waals surface area contributed by atoms with Crippen LogP contribution >= 0.6 is 0 Å². The lowest BCUT2D eigenvalue weighted by molar-refractivity contribution is 0.433. The maximum absolute atomic E-state index is 13.8. The van der Waals surface area contributed by atoms with Crippen LogP contribution in [0.5, 0.6) is 0 Å². The van der Waals surface area contributed by atoms with Crippen molar-refractivity contribution in [1.29, 1.82) is 0 Å². The Morgan fingerprint density at radius 3 is 2.89 bits per heavy atom. The van der Waals surface area contributed by atoms with Gasteiger partial charge in [0.1, 0.15) is 5.82 Å². The van der Waals surface area contributed by atoms with Crippen molar-refractivity contribution in [2.45, 2.75) is 26.8 Å². The molecule has 1 atom stereocenters. The number of hydrogen-bond acceptors (Lipinski definition) is 4. The van der Waals surface area contributed by atoms with Crippen molar-refractivity contribution >= 4 is 5.69 Å². The van der Waals surface area contributed by atoms with E-state index in [1.807, 2.05) is 0 Å². The van der Waals surface area contributed by atoms with E-state index in [4.69, 9.17) is 5.73 Å². The zero-order valence-electron chi connectivity index (χ0n) is 10.5. The molecule has 0 aliphatic heterocycles. The average Bonchev–Trinajstić information content (AvgIpc) is 2.77. The van der Waals surface area contributed by atoms with E-state index >= 15 is 0 Å². The van der Waals surface area contributed by atoms with Gasteiger partial charge in [-0.2, -0.15) is 0 Å². The molecular formula is C12H16FN5. The predicted octanol–water partition coefficient (Wildman–Crippen LogP) is 2.11. The summed E-state index contributed by atoms with van der Waals surface area (Å²) in [7, 11) is 0. The molecule has 0 saturated heterocycles. The van der Waals surface area contributed by atoms with Gasteiger partial charge in [-0.25, -0.2) is 9.07 Å². The largest absolute Gasteiger partial charge is 0.399 e. The molecule has 5 nitrogen and oxygen atoms in total. The van der Waals surface area contributed by atoms with Crippen LogP contribution in [0, 0.1) is 11.7 Å². The highest BCUT2D eigenvalue weighted by molar-refractivity contribution is 5.59. The minimum absolute atomic E-state index is 0.373. The molecule has 0 aliphatic carbocycles. The fourth-order valence-corrected chi connectivity index (χ4v) is 1.66. The molecule has 2 rings (SSSR count). The molecule has 0 saturated carbocycles. The zero-order valence-corrected chi connectivity index (χ0v) is 10.5. The SMILES string of the molecule is CCC(C)Cn1nnnc1-c1ccc(N)cc1F. The molecule has 0 amide bonds. The van der Waals surface area contributed by atoms with Crippen LogP contribution in [0.25, 0.3) is 11.4 Å². The zero-order chi connectivity index (χ0) is 13.1. The lowest BCUT2D eigenvalue weighted by Gasteiger charge is -2.10. The summed E-state index contributed by atoms with van der Waals surface area (Å²) in [5, 5.41) is 11.4. The third kappa shape index (κ3) is 2.47. The maximum atomic E-state index is 13.8. The monoisotopic (exact) mass is 249 g/mol. The molecular weight excluding hydrogens is 233 g/mol. The normalized spacial score (nSPS) is 12.6. The van der Waals surface area contributed by atoms with Gasteiger partial charge < -0.3 is 5.73 Å². The van der Waals surface area contributed by atoms with Gasteiger partial charge in [0.05, 0.1) is 5.56 Å². The summed E-state index contributed by atoms with van der Waals surface area (Å²) in [4.78, 5) is 0. The van der Waals surface area contributed by atoms with E-state index in [2.05, 4.69) is 29.4 Å². The fraction of sp³-hybridized carbons (Fsp3) is 0.417. The lowest BCUT2D eigenvalue weighted by Crippen LogP contribution is -2.10. The highest BCUT2D eigenvalue weighted by Crippen LogP contribution is 2.22. The highest BCUT2D eigenvalue weighted by atomic mass is 19.1. The summed E-state index contributed by atoms with van der Waals surface area (Å²) < 4.78 is 15.5. The fourth-order valence-electron chi connectivity index (χ4n) is 1.66. The van der Waals surface area contributed by atoms with Crippen LogP contribution < -0.4 is 5.73 Å². The van der Waals surface area contributed by atoms with Gasteiger partial charge in [-0.05, 0) is 34.5 Å². The molecule has 2 aromatic rings. The van der Waals surface area contributed by atoms with Crippen LogP contribution in [0.3, 0.4) is 0 Å². The molecule has 6 heteroatoms. The Balaban J connectivity index is 2.36. The van der Waals surface area contributed by atoms with E-state index in [9.17, 15) is 4.39 Å². The van der Waals surface area contributed by atoms with Gasteiger partial charge in [0.15, 0.2) is 5.82 Å². The third-order valence-electron chi connectivity index (χ3n) is 2.95. The first-order valence-electron chi connectivity index (χ1n) is 5.93. The Labute approximate surface area is 105 Å². The number of nitrogens with zero attached hydrogens (tertiary/aromatic N) is 4. The Kier molecular flexibility index (Phi) is 3.55. The molecule has 1 aromatic heterocycles. The van der Waals surface area contributed by atoms with Crippen molar-refractivity contribution in [3.63, 3.8) is 0 Å². The second-order valence-electron chi connectivity index (χ2n) is 4.44. The summed E-state index contributed by atoms with van der Waals surface area (Å²) in [6.45, 7) is 4.87. The summed E-state index contributed by atoms with van der Waals surface area (Å²) in [5.41, 5.74) is 6.28. The van der Waals surface area contributed by atoms with Gasteiger partial charge in [0.2, 0.25) is 0 Å². The van der Waals surface area contributed by atoms with Crippen molar-refractivity contribution in [3.05, 3.63) is 24.0 Å². The van der Waals surface area contributed by atoms with Crippen molar-refractivity contribution in [2.75, 3.05) is 5.73 Å². The quantitative estimate of drug-likeness (QED) is 0.842. The van der Waals surface area contributed by atoms with Crippen LogP contribution in [0.2, 0.25) is 0 Å². The molecule has 1 heterocycles. The Hall–Kier alpha value is -1.98. The molecule has 18 heavy (non-hydrogen) atoms. The van der Waals surface area contributed by atoms with Gasteiger partial charge >= 0.3 is 0 Å². The van der Waals surface area contributed by atoms with Gasteiger partial charge in [0, 0.05) is 12.2 Å². The number of hydrogen-bond donors (Lipinski definition) is 1. The van der Waals surface area contributed by atoms with Crippen molar-refractivity contribution in [3.8, 4) is 11.4 Å². The first-order chi connectivity index (χ1) is 8.61. The molecule has 0 radical (unpaired) electrons.